The summed E-state index contributed by atoms with van der Waals surface area (Å²) in [6.45, 7) is 3.05. The molecule has 8 nitrogen and oxygen atoms in total. The maximum absolute atomic E-state index is 12.1. The second kappa shape index (κ2) is 8.52. The van der Waals surface area contributed by atoms with Gasteiger partial charge in [-0.3, -0.25) is 14.4 Å². The van der Waals surface area contributed by atoms with Crippen LogP contribution in [0.4, 0.5) is 5.69 Å². The summed E-state index contributed by atoms with van der Waals surface area (Å²) in [6, 6.07) is 4.60. The Balaban J connectivity index is 2.80. The van der Waals surface area contributed by atoms with Crippen LogP contribution in [0.25, 0.3) is 0 Å². The first-order chi connectivity index (χ1) is 10.8. The van der Waals surface area contributed by atoms with Crippen LogP contribution in [0.2, 0.25) is 0 Å². The van der Waals surface area contributed by atoms with E-state index in [2.05, 4.69) is 15.4 Å². The molecule has 1 atom stereocenters. The molecular formula is C15H18N2O6. The number of esters is 1. The maximum Gasteiger partial charge on any atom is 0.326 e. The molecule has 0 saturated carbocycles. The zero-order valence-electron chi connectivity index (χ0n) is 12.8. The number of nitrogens with one attached hydrogen (secondary N) is 2. The predicted molar refractivity (Wildman–Crippen MR) is 80.9 cm³/mol. The van der Waals surface area contributed by atoms with Gasteiger partial charge in [-0.2, -0.15) is 0 Å². The molecular weight excluding hydrogens is 304 g/mol. The minimum Gasteiger partial charge on any atom is -0.480 e. The zero-order chi connectivity index (χ0) is 17.4. The monoisotopic (exact) mass is 322 g/mol. The van der Waals surface area contributed by atoms with Crippen LogP contribution in [-0.4, -0.2) is 41.5 Å². The van der Waals surface area contributed by atoms with Gasteiger partial charge in [0.2, 0.25) is 5.91 Å². The summed E-state index contributed by atoms with van der Waals surface area (Å²) < 4.78 is 4.67. The molecule has 0 fully saturated rings. The van der Waals surface area contributed by atoms with Crippen molar-refractivity contribution in [2.45, 2.75) is 26.3 Å². The largest absolute Gasteiger partial charge is 0.480 e. The van der Waals surface area contributed by atoms with Crippen molar-refractivity contribution < 1.29 is 29.0 Å². The standard InChI is InChI=1S/C15H18N2O6/c1-3-23-13(19)8-12(15(21)22)17-14(20)10-5-4-6-11(7-10)16-9(2)18/h4-7,12H,3,8H2,1-2H3,(H,16,18)(H,17,20)(H,21,22)/t12-/m1/s1. The maximum atomic E-state index is 12.1. The second-order valence-corrected chi connectivity index (χ2v) is 4.64. The van der Waals surface area contributed by atoms with E-state index in [0.717, 1.165) is 0 Å². The summed E-state index contributed by atoms with van der Waals surface area (Å²) >= 11 is 0. The molecule has 0 spiro atoms. The fourth-order valence-electron chi connectivity index (χ4n) is 1.77. The van der Waals surface area contributed by atoms with Crippen molar-refractivity contribution in [2.24, 2.45) is 0 Å². The first-order valence-corrected chi connectivity index (χ1v) is 6.90. The molecule has 0 aliphatic carbocycles. The molecule has 1 rings (SSSR count). The number of hydrogen-bond acceptors (Lipinski definition) is 5. The Labute approximate surface area is 132 Å². The van der Waals surface area contributed by atoms with Gasteiger partial charge in [0.15, 0.2) is 0 Å². The number of aliphatic carboxylic acids is 1. The van der Waals surface area contributed by atoms with Crippen LogP contribution in [0.15, 0.2) is 24.3 Å². The number of benzene rings is 1. The first kappa shape index (κ1) is 18.1. The van der Waals surface area contributed by atoms with Crippen molar-refractivity contribution >= 4 is 29.4 Å². The molecule has 3 N–H and O–H groups in total. The van der Waals surface area contributed by atoms with Gasteiger partial charge in [-0.25, -0.2) is 4.79 Å². The predicted octanol–water partition coefficient (Wildman–Crippen LogP) is 0.781. The average Bonchev–Trinajstić information content (AvgIpc) is 2.46. The van der Waals surface area contributed by atoms with Crippen LogP contribution in [-0.2, 0) is 19.1 Å². The van der Waals surface area contributed by atoms with Crippen molar-refractivity contribution in [1.82, 2.24) is 5.32 Å². The third-order valence-corrected chi connectivity index (χ3v) is 2.72. The van der Waals surface area contributed by atoms with Gasteiger partial charge in [-0.15, -0.1) is 0 Å². The Morgan fingerprint density at radius 1 is 1.26 bits per heavy atom. The molecule has 0 aromatic heterocycles. The van der Waals surface area contributed by atoms with Crippen LogP contribution < -0.4 is 10.6 Å². The van der Waals surface area contributed by atoms with Gasteiger partial charge in [-0.1, -0.05) is 6.07 Å². The minimum absolute atomic E-state index is 0.123. The molecule has 0 radical (unpaired) electrons. The number of carbonyl (C=O) groups excluding carboxylic acids is 3. The third-order valence-electron chi connectivity index (χ3n) is 2.72. The summed E-state index contributed by atoms with van der Waals surface area (Å²) in [4.78, 5) is 45.6. The van der Waals surface area contributed by atoms with E-state index in [0.29, 0.717) is 5.69 Å². The lowest BCUT2D eigenvalue weighted by Gasteiger charge is -2.14. The number of carboxylic acid groups (broad SMARTS) is 1. The van der Waals surface area contributed by atoms with Crippen molar-refractivity contribution in [3.63, 3.8) is 0 Å². The van der Waals surface area contributed by atoms with Gasteiger partial charge in [-0.05, 0) is 25.1 Å². The van der Waals surface area contributed by atoms with Crippen LogP contribution in [0.5, 0.6) is 0 Å². The van der Waals surface area contributed by atoms with Gasteiger partial charge in [0, 0.05) is 18.2 Å². The fraction of sp³-hybridized carbons (Fsp3) is 0.333. The van der Waals surface area contributed by atoms with E-state index in [1.54, 1.807) is 19.1 Å². The highest BCUT2D eigenvalue weighted by Gasteiger charge is 2.24. The highest BCUT2D eigenvalue weighted by molar-refractivity contribution is 5.99. The van der Waals surface area contributed by atoms with Crippen LogP contribution >= 0.6 is 0 Å². The number of anilines is 1. The van der Waals surface area contributed by atoms with Crippen molar-refractivity contribution in [3.8, 4) is 0 Å². The average molecular weight is 322 g/mol. The van der Waals surface area contributed by atoms with E-state index in [-0.39, 0.29) is 18.1 Å². The first-order valence-electron chi connectivity index (χ1n) is 6.90. The Morgan fingerprint density at radius 2 is 1.96 bits per heavy atom. The van der Waals surface area contributed by atoms with Crippen molar-refractivity contribution in [1.29, 1.82) is 0 Å². The minimum atomic E-state index is -1.40. The van der Waals surface area contributed by atoms with Gasteiger partial charge in [0.1, 0.15) is 6.04 Å². The molecule has 0 aliphatic rings. The van der Waals surface area contributed by atoms with Gasteiger partial charge >= 0.3 is 11.9 Å². The number of rotatable bonds is 7. The normalized spacial score (nSPS) is 11.2. The molecule has 8 heteroatoms. The molecule has 1 aromatic carbocycles. The number of ether oxygens (including phenoxy) is 1. The molecule has 124 valence electrons. The summed E-state index contributed by atoms with van der Waals surface area (Å²) in [5.74, 6) is -3.03. The topological polar surface area (TPSA) is 122 Å². The van der Waals surface area contributed by atoms with E-state index in [4.69, 9.17) is 5.11 Å². The lowest BCUT2D eigenvalue weighted by Crippen LogP contribution is -2.42. The molecule has 1 aromatic rings. The fourth-order valence-corrected chi connectivity index (χ4v) is 1.77. The molecule has 0 aliphatic heterocycles. The highest BCUT2D eigenvalue weighted by atomic mass is 16.5. The Kier molecular flexibility index (Phi) is 6.72. The Hall–Kier alpha value is -2.90. The van der Waals surface area contributed by atoms with Crippen molar-refractivity contribution in [3.05, 3.63) is 29.8 Å². The van der Waals surface area contributed by atoms with Gasteiger partial charge in [0.05, 0.1) is 13.0 Å². The lowest BCUT2D eigenvalue weighted by atomic mass is 10.1. The van der Waals surface area contributed by atoms with E-state index in [1.165, 1.54) is 19.1 Å². The summed E-state index contributed by atoms with van der Waals surface area (Å²) in [7, 11) is 0. The number of carboxylic acids is 1. The molecule has 23 heavy (non-hydrogen) atoms. The van der Waals surface area contributed by atoms with E-state index in [1.807, 2.05) is 0 Å². The quantitative estimate of drug-likeness (QED) is 0.638. The van der Waals surface area contributed by atoms with E-state index in [9.17, 15) is 19.2 Å². The molecule has 2 amide bonds. The summed E-state index contributed by atoms with van der Waals surface area (Å²) in [5, 5.41) is 13.8. The van der Waals surface area contributed by atoms with Crippen molar-refractivity contribution in [2.75, 3.05) is 11.9 Å². The van der Waals surface area contributed by atoms with Crippen LogP contribution in [0.3, 0.4) is 0 Å². The van der Waals surface area contributed by atoms with E-state index >= 15 is 0 Å². The molecule has 0 saturated heterocycles. The Bertz CT molecular complexity index is 614. The van der Waals surface area contributed by atoms with E-state index < -0.39 is 30.3 Å². The SMILES string of the molecule is CCOC(=O)C[C@@H](NC(=O)c1cccc(NC(C)=O)c1)C(=O)O. The second-order valence-electron chi connectivity index (χ2n) is 4.64. The Morgan fingerprint density at radius 3 is 2.52 bits per heavy atom. The summed E-state index contributed by atoms with van der Waals surface area (Å²) in [6.07, 6.45) is -0.472. The lowest BCUT2D eigenvalue weighted by molar-refractivity contribution is -0.149. The van der Waals surface area contributed by atoms with Gasteiger partial charge in [0.25, 0.3) is 5.91 Å². The smallest absolute Gasteiger partial charge is 0.326 e. The number of carbonyl (C=O) groups is 4. The number of hydrogen-bond donors (Lipinski definition) is 3. The highest BCUT2D eigenvalue weighted by Crippen LogP contribution is 2.11. The van der Waals surface area contributed by atoms with Gasteiger partial charge < -0.3 is 20.5 Å². The molecule has 0 heterocycles. The molecule has 0 bridgehead atoms. The zero-order valence-corrected chi connectivity index (χ0v) is 12.8. The van der Waals surface area contributed by atoms with Crippen LogP contribution in [0.1, 0.15) is 30.6 Å². The molecule has 0 unspecified atom stereocenters. The summed E-state index contributed by atoms with van der Waals surface area (Å²) in [5.41, 5.74) is 0.564. The number of amides is 2. The third kappa shape index (κ3) is 6.16. The van der Waals surface area contributed by atoms with Crippen LogP contribution in [0, 0.1) is 0 Å².